The molecule has 2 heterocycles. The van der Waals surface area contributed by atoms with Crippen LogP contribution in [0.25, 0.3) is 11.1 Å². The van der Waals surface area contributed by atoms with Crippen molar-refractivity contribution in [3.63, 3.8) is 0 Å². The van der Waals surface area contributed by atoms with Crippen molar-refractivity contribution in [2.75, 3.05) is 5.32 Å². The van der Waals surface area contributed by atoms with Gasteiger partial charge in [-0.05, 0) is 49.1 Å². The van der Waals surface area contributed by atoms with Gasteiger partial charge in [0.15, 0.2) is 11.9 Å². The number of halogens is 1. The van der Waals surface area contributed by atoms with Crippen molar-refractivity contribution in [3.05, 3.63) is 71.2 Å². The molecule has 2 aromatic heterocycles. The van der Waals surface area contributed by atoms with Gasteiger partial charge in [0.1, 0.15) is 17.6 Å². The Bertz CT molecular complexity index is 1200. The predicted octanol–water partition coefficient (Wildman–Crippen LogP) is 3.49. The summed E-state index contributed by atoms with van der Waals surface area (Å²) in [4.78, 5) is 26.1. The fraction of sp³-hybridized carbons (Fsp3) is 0.360. The molecule has 8 nitrogen and oxygen atoms in total. The molecule has 3 aromatic rings. The lowest BCUT2D eigenvalue weighted by Crippen LogP contribution is -2.49. The molecule has 4 rings (SSSR count). The van der Waals surface area contributed by atoms with E-state index in [0.717, 1.165) is 32.1 Å². The largest absolute Gasteiger partial charge is 0.618 e. The quantitative estimate of drug-likeness (QED) is 0.430. The molecule has 0 radical (unpaired) electrons. The lowest BCUT2D eigenvalue weighted by molar-refractivity contribution is -0.611. The summed E-state index contributed by atoms with van der Waals surface area (Å²) in [7, 11) is 1.66. The van der Waals surface area contributed by atoms with Crippen LogP contribution in [-0.2, 0) is 11.8 Å². The van der Waals surface area contributed by atoms with E-state index in [9.17, 15) is 19.2 Å². The molecule has 1 fully saturated rings. The van der Waals surface area contributed by atoms with Gasteiger partial charge in [0.2, 0.25) is 5.91 Å². The van der Waals surface area contributed by atoms with E-state index in [0.29, 0.717) is 21.7 Å². The normalized spacial score (nSPS) is 15.0. The van der Waals surface area contributed by atoms with Crippen molar-refractivity contribution in [2.45, 2.75) is 45.1 Å². The fourth-order valence-electron chi connectivity index (χ4n) is 4.56. The van der Waals surface area contributed by atoms with E-state index in [1.165, 1.54) is 29.2 Å². The first-order valence-electron chi connectivity index (χ1n) is 11.4. The second-order valence-electron chi connectivity index (χ2n) is 8.71. The number of anilines is 1. The van der Waals surface area contributed by atoms with Crippen LogP contribution >= 0.6 is 0 Å². The maximum Gasteiger partial charge on any atom is 0.270 e. The third-order valence-corrected chi connectivity index (χ3v) is 6.48. The van der Waals surface area contributed by atoms with Crippen LogP contribution < -0.4 is 15.4 Å². The van der Waals surface area contributed by atoms with E-state index in [4.69, 9.17) is 0 Å². The summed E-state index contributed by atoms with van der Waals surface area (Å²) in [5.74, 6) is -1.32. The highest BCUT2D eigenvalue weighted by Gasteiger charge is 2.32. The van der Waals surface area contributed by atoms with Gasteiger partial charge >= 0.3 is 0 Å². The zero-order chi connectivity index (χ0) is 24.2. The van der Waals surface area contributed by atoms with Crippen molar-refractivity contribution in [2.24, 2.45) is 13.0 Å². The molecule has 1 aliphatic carbocycles. The van der Waals surface area contributed by atoms with E-state index in [2.05, 4.69) is 15.7 Å². The Kier molecular flexibility index (Phi) is 6.90. The Balaban J connectivity index is 1.55. The molecule has 1 aliphatic rings. The molecule has 1 saturated carbocycles. The van der Waals surface area contributed by atoms with E-state index in [-0.39, 0.29) is 29.0 Å². The summed E-state index contributed by atoms with van der Waals surface area (Å²) in [6.45, 7) is 1.62. The number of nitrogens with one attached hydrogen (secondary N) is 2. The molecule has 0 spiro atoms. The molecule has 0 bridgehead atoms. The summed E-state index contributed by atoms with van der Waals surface area (Å²) < 4.78 is 17.1. The average Bonchev–Trinajstić information content (AvgIpc) is 3.26. The van der Waals surface area contributed by atoms with Crippen LogP contribution in [-0.4, -0.2) is 27.6 Å². The molecule has 2 amide bonds. The van der Waals surface area contributed by atoms with Gasteiger partial charge < -0.3 is 15.8 Å². The van der Waals surface area contributed by atoms with Crippen LogP contribution in [0, 0.1) is 23.9 Å². The summed E-state index contributed by atoms with van der Waals surface area (Å²) >= 11 is 0. The standard InChI is InChI=1S/C25H28FN5O3/c1-16-19(9-6-14-31(16)34)20-11-10-18(15-21(20)26)28-25(33)23(17-7-4-3-5-8-17)29-24(32)22-12-13-27-30(22)2/h6,9-15,17,23H,3-5,7-8H2,1-2H3,(H,28,33)(H,29,32). The third kappa shape index (κ3) is 4.93. The topological polar surface area (TPSA) is 103 Å². The Morgan fingerprint density at radius 3 is 2.62 bits per heavy atom. The number of aromatic nitrogens is 3. The van der Waals surface area contributed by atoms with Crippen LogP contribution in [0.1, 0.15) is 48.3 Å². The highest BCUT2D eigenvalue weighted by Crippen LogP contribution is 2.29. The van der Waals surface area contributed by atoms with Crippen molar-refractivity contribution < 1.29 is 18.7 Å². The third-order valence-electron chi connectivity index (χ3n) is 6.48. The van der Waals surface area contributed by atoms with Crippen LogP contribution in [0.15, 0.2) is 48.8 Å². The van der Waals surface area contributed by atoms with E-state index in [1.807, 2.05) is 0 Å². The maximum absolute atomic E-state index is 15.0. The number of carbonyl (C=O) groups excluding carboxylic acids is 2. The average molecular weight is 466 g/mol. The summed E-state index contributed by atoms with van der Waals surface area (Å²) in [5.41, 5.74) is 1.78. The summed E-state index contributed by atoms with van der Waals surface area (Å²) in [6.07, 6.45) is 7.65. The van der Waals surface area contributed by atoms with E-state index in [1.54, 1.807) is 38.2 Å². The van der Waals surface area contributed by atoms with Gasteiger partial charge in [0.25, 0.3) is 5.91 Å². The molecule has 1 atom stereocenters. The molecule has 2 N–H and O–H groups in total. The van der Waals surface area contributed by atoms with Gasteiger partial charge in [-0.3, -0.25) is 14.3 Å². The number of hydrogen-bond donors (Lipinski definition) is 2. The van der Waals surface area contributed by atoms with Crippen LogP contribution in [0.3, 0.4) is 0 Å². The number of aryl methyl sites for hydroxylation is 1. The fourth-order valence-corrected chi connectivity index (χ4v) is 4.56. The number of benzene rings is 1. The van der Waals surface area contributed by atoms with Gasteiger partial charge in [-0.1, -0.05) is 19.3 Å². The van der Waals surface area contributed by atoms with Gasteiger partial charge in [-0.15, -0.1) is 0 Å². The Hall–Kier alpha value is -3.75. The molecular weight excluding hydrogens is 437 g/mol. The predicted molar refractivity (Wildman–Crippen MR) is 125 cm³/mol. The molecule has 0 saturated heterocycles. The first-order chi connectivity index (χ1) is 16.3. The zero-order valence-corrected chi connectivity index (χ0v) is 19.3. The zero-order valence-electron chi connectivity index (χ0n) is 19.3. The van der Waals surface area contributed by atoms with Gasteiger partial charge in [-0.2, -0.15) is 9.83 Å². The maximum atomic E-state index is 15.0. The molecule has 1 aromatic carbocycles. The van der Waals surface area contributed by atoms with Crippen molar-refractivity contribution >= 4 is 17.5 Å². The SMILES string of the molecule is Cc1c(-c2ccc(NC(=O)C(NC(=O)c3ccnn3C)C3CCCCC3)cc2F)ccc[n+]1[O-]. The summed E-state index contributed by atoms with van der Waals surface area (Å²) in [5, 5.41) is 21.5. The highest BCUT2D eigenvalue weighted by atomic mass is 19.1. The highest BCUT2D eigenvalue weighted by molar-refractivity contribution is 6.00. The smallest absolute Gasteiger partial charge is 0.270 e. The van der Waals surface area contributed by atoms with Crippen LogP contribution in [0.4, 0.5) is 10.1 Å². The second-order valence-corrected chi connectivity index (χ2v) is 8.71. The molecule has 178 valence electrons. The second kappa shape index (κ2) is 10.0. The first-order valence-corrected chi connectivity index (χ1v) is 11.4. The minimum absolute atomic E-state index is 0.00508. The number of carbonyl (C=O) groups is 2. The van der Waals surface area contributed by atoms with Gasteiger partial charge in [0.05, 0.1) is 5.56 Å². The number of hydrogen-bond acceptors (Lipinski definition) is 4. The van der Waals surface area contributed by atoms with Crippen molar-refractivity contribution in [1.29, 1.82) is 0 Å². The molecule has 0 aliphatic heterocycles. The number of pyridine rings is 1. The number of amides is 2. The molecule has 9 heteroatoms. The van der Waals surface area contributed by atoms with Crippen molar-refractivity contribution in [3.8, 4) is 11.1 Å². The lowest BCUT2D eigenvalue weighted by Gasteiger charge is -2.30. The lowest BCUT2D eigenvalue weighted by atomic mass is 9.83. The van der Waals surface area contributed by atoms with E-state index >= 15 is 0 Å². The van der Waals surface area contributed by atoms with Crippen LogP contribution in [0.2, 0.25) is 0 Å². The van der Waals surface area contributed by atoms with Crippen LogP contribution in [0.5, 0.6) is 0 Å². The Morgan fingerprint density at radius 1 is 1.18 bits per heavy atom. The van der Waals surface area contributed by atoms with Gasteiger partial charge in [-0.25, -0.2) is 4.39 Å². The van der Waals surface area contributed by atoms with Crippen molar-refractivity contribution in [1.82, 2.24) is 15.1 Å². The monoisotopic (exact) mass is 465 g/mol. The molecular formula is C25H28FN5O3. The van der Waals surface area contributed by atoms with E-state index < -0.39 is 11.9 Å². The molecule has 34 heavy (non-hydrogen) atoms. The molecule has 1 unspecified atom stereocenters. The minimum atomic E-state index is -0.749. The summed E-state index contributed by atoms with van der Waals surface area (Å²) in [6, 6.07) is 8.45. The Labute approximate surface area is 197 Å². The number of rotatable bonds is 6. The number of nitrogens with zero attached hydrogens (tertiary/aromatic N) is 3. The first kappa shape index (κ1) is 23.4. The Morgan fingerprint density at radius 2 is 1.94 bits per heavy atom. The minimum Gasteiger partial charge on any atom is -0.618 e. The van der Waals surface area contributed by atoms with Gasteiger partial charge in [0, 0.05) is 37.5 Å².